The fourth-order valence-electron chi connectivity index (χ4n) is 3.08. The minimum atomic E-state index is -0.843. The van der Waals surface area contributed by atoms with Gasteiger partial charge in [0.1, 0.15) is 5.75 Å². The Kier molecular flexibility index (Phi) is 5.98. The summed E-state index contributed by atoms with van der Waals surface area (Å²) in [6.07, 6.45) is 2.15. The molecule has 3 aromatic rings. The van der Waals surface area contributed by atoms with Gasteiger partial charge < -0.3 is 10.4 Å². The Morgan fingerprint density at radius 3 is 2.63 bits per heavy atom. The fraction of sp³-hybridized carbons (Fsp3) is 0.0500. The number of anilines is 1. The van der Waals surface area contributed by atoms with Crippen LogP contribution >= 0.6 is 54.5 Å². The average molecular weight is 644 g/mol. The maximum atomic E-state index is 13.4. The van der Waals surface area contributed by atoms with Gasteiger partial charge in [-0.3, -0.25) is 20.0 Å². The van der Waals surface area contributed by atoms with Crippen molar-refractivity contribution in [2.24, 2.45) is 0 Å². The van der Waals surface area contributed by atoms with Gasteiger partial charge in [0.2, 0.25) is 0 Å². The highest BCUT2D eigenvalue weighted by Crippen LogP contribution is 2.40. The van der Waals surface area contributed by atoms with Crippen LogP contribution in [0.2, 0.25) is 0 Å². The van der Waals surface area contributed by atoms with Crippen molar-refractivity contribution in [2.75, 3.05) is 5.32 Å². The number of hydrogen-bond donors (Lipinski definition) is 3. The zero-order chi connectivity index (χ0) is 21.4. The van der Waals surface area contributed by atoms with Gasteiger partial charge in [0, 0.05) is 37.3 Å². The third-order valence-electron chi connectivity index (χ3n) is 4.50. The van der Waals surface area contributed by atoms with E-state index in [4.69, 9.17) is 0 Å². The molecule has 1 aliphatic heterocycles. The normalized spacial score (nSPS) is 15.4. The van der Waals surface area contributed by atoms with Crippen LogP contribution in [0.25, 0.3) is 0 Å². The Morgan fingerprint density at radius 2 is 1.90 bits per heavy atom. The van der Waals surface area contributed by atoms with E-state index in [1.165, 1.54) is 17.4 Å². The summed E-state index contributed by atoms with van der Waals surface area (Å²) in [5.74, 6) is -0.911. The lowest BCUT2D eigenvalue weighted by Gasteiger charge is -2.38. The van der Waals surface area contributed by atoms with Crippen LogP contribution in [-0.4, -0.2) is 26.9 Å². The number of amides is 2. The number of phenols is 1. The molecule has 0 radical (unpaired) electrons. The predicted octanol–water partition coefficient (Wildman–Crippen LogP) is 4.83. The van der Waals surface area contributed by atoms with Gasteiger partial charge in [-0.2, -0.15) is 0 Å². The summed E-state index contributed by atoms with van der Waals surface area (Å²) in [5.41, 5.74) is 4.45. The van der Waals surface area contributed by atoms with Crippen molar-refractivity contribution in [3.8, 4) is 5.75 Å². The van der Waals surface area contributed by atoms with Crippen LogP contribution in [0.5, 0.6) is 5.75 Å². The molecule has 0 saturated heterocycles. The Morgan fingerprint density at radius 1 is 1.17 bits per heavy atom. The van der Waals surface area contributed by atoms with E-state index in [0.717, 1.165) is 3.57 Å². The van der Waals surface area contributed by atoms with E-state index in [-0.39, 0.29) is 5.75 Å². The molecule has 10 heteroatoms. The standard InChI is InChI=1S/C20H13Br2IN4O3/c21-11-7-14(17(28)15(22)8-11)18-25-16-2-1-12(23)9-13(16)20(30)27(18)26-19(29)10-3-5-24-6-4-10/h1-9,18,25,28H,(H,26,29)/t18-/m1/s1. The van der Waals surface area contributed by atoms with E-state index in [9.17, 15) is 14.7 Å². The molecule has 0 fully saturated rings. The fourth-order valence-corrected chi connectivity index (χ4v) is 4.83. The van der Waals surface area contributed by atoms with Gasteiger partial charge in [0.15, 0.2) is 6.17 Å². The highest BCUT2D eigenvalue weighted by Gasteiger charge is 2.36. The van der Waals surface area contributed by atoms with Crippen molar-refractivity contribution in [3.05, 3.63) is 84.1 Å². The highest BCUT2D eigenvalue weighted by atomic mass is 127. The van der Waals surface area contributed by atoms with Crippen LogP contribution in [0.4, 0.5) is 5.69 Å². The van der Waals surface area contributed by atoms with Crippen molar-refractivity contribution in [2.45, 2.75) is 6.17 Å². The molecule has 0 spiro atoms. The quantitative estimate of drug-likeness (QED) is 0.356. The summed E-state index contributed by atoms with van der Waals surface area (Å²) in [6, 6.07) is 11.9. The number of fused-ring (bicyclic) bond motifs is 1. The summed E-state index contributed by atoms with van der Waals surface area (Å²) >= 11 is 8.85. The first-order chi connectivity index (χ1) is 14.3. The van der Waals surface area contributed by atoms with Crippen LogP contribution in [0.1, 0.15) is 32.4 Å². The van der Waals surface area contributed by atoms with Crippen LogP contribution in [0, 0.1) is 3.57 Å². The molecule has 0 saturated carbocycles. The van der Waals surface area contributed by atoms with E-state index in [0.29, 0.717) is 31.3 Å². The molecule has 0 bridgehead atoms. The van der Waals surface area contributed by atoms with E-state index in [1.54, 1.807) is 36.4 Å². The van der Waals surface area contributed by atoms with Crippen LogP contribution < -0.4 is 10.7 Å². The first-order valence-electron chi connectivity index (χ1n) is 8.63. The van der Waals surface area contributed by atoms with Crippen molar-refractivity contribution >= 4 is 72.0 Å². The zero-order valence-electron chi connectivity index (χ0n) is 15.1. The molecule has 30 heavy (non-hydrogen) atoms. The number of halogens is 3. The number of aromatic hydroxyl groups is 1. The van der Waals surface area contributed by atoms with Gasteiger partial charge >= 0.3 is 0 Å². The van der Waals surface area contributed by atoms with Gasteiger partial charge in [0.05, 0.1) is 10.0 Å². The number of hydrazine groups is 1. The second-order valence-corrected chi connectivity index (χ2v) is 9.43. The topological polar surface area (TPSA) is 94.6 Å². The smallest absolute Gasteiger partial charge is 0.276 e. The number of benzene rings is 2. The molecule has 2 amide bonds. The second kappa shape index (κ2) is 8.52. The molecular formula is C20H13Br2IN4O3. The number of nitrogens with zero attached hydrogens (tertiary/aromatic N) is 2. The Bertz CT molecular complexity index is 1160. The number of hydrogen-bond acceptors (Lipinski definition) is 5. The number of carbonyl (C=O) groups excluding carboxylic acids is 2. The molecule has 2 heterocycles. The maximum absolute atomic E-state index is 13.4. The SMILES string of the molecule is O=C(NN1C(=O)c2cc(I)ccc2N[C@H]1c1cc(Br)cc(Br)c1O)c1ccncc1. The summed E-state index contributed by atoms with van der Waals surface area (Å²) in [6.45, 7) is 0. The Hall–Kier alpha value is -2.18. The van der Waals surface area contributed by atoms with Crippen molar-refractivity contribution in [3.63, 3.8) is 0 Å². The predicted molar refractivity (Wildman–Crippen MR) is 127 cm³/mol. The van der Waals surface area contributed by atoms with Crippen LogP contribution in [0.15, 0.2) is 63.8 Å². The van der Waals surface area contributed by atoms with E-state index in [2.05, 4.69) is 70.2 Å². The summed E-state index contributed by atoms with van der Waals surface area (Å²) in [5, 5.41) is 15.1. The van der Waals surface area contributed by atoms with Crippen molar-refractivity contribution in [1.82, 2.24) is 15.4 Å². The maximum Gasteiger partial charge on any atom is 0.276 e. The third-order valence-corrected chi connectivity index (χ3v) is 6.23. The third kappa shape index (κ3) is 4.03. The zero-order valence-corrected chi connectivity index (χ0v) is 20.4. The lowest BCUT2D eigenvalue weighted by atomic mass is 10.0. The number of aromatic nitrogens is 1. The molecule has 2 aromatic carbocycles. The van der Waals surface area contributed by atoms with E-state index in [1.807, 2.05) is 6.07 Å². The second-order valence-electron chi connectivity index (χ2n) is 6.41. The highest BCUT2D eigenvalue weighted by molar-refractivity contribution is 14.1. The average Bonchev–Trinajstić information content (AvgIpc) is 2.73. The van der Waals surface area contributed by atoms with Gasteiger partial charge in [-0.05, 0) is 81.0 Å². The monoisotopic (exact) mass is 642 g/mol. The number of pyridine rings is 1. The molecule has 0 aliphatic carbocycles. The molecule has 0 unspecified atom stereocenters. The van der Waals surface area contributed by atoms with Gasteiger partial charge in [-0.25, -0.2) is 5.01 Å². The van der Waals surface area contributed by atoms with E-state index < -0.39 is 18.0 Å². The molecular weight excluding hydrogens is 631 g/mol. The number of nitrogens with one attached hydrogen (secondary N) is 2. The Balaban J connectivity index is 1.80. The molecule has 152 valence electrons. The summed E-state index contributed by atoms with van der Waals surface area (Å²) in [7, 11) is 0. The minimum absolute atomic E-state index is 0.0411. The van der Waals surface area contributed by atoms with Crippen molar-refractivity contribution in [1.29, 1.82) is 0 Å². The molecule has 7 nitrogen and oxygen atoms in total. The number of rotatable bonds is 3. The lowest BCUT2D eigenvalue weighted by molar-refractivity contribution is 0.0488. The van der Waals surface area contributed by atoms with Crippen LogP contribution in [0.3, 0.4) is 0 Å². The summed E-state index contributed by atoms with van der Waals surface area (Å²) < 4.78 is 2.04. The molecule has 4 rings (SSSR count). The lowest BCUT2D eigenvalue weighted by Crippen LogP contribution is -2.53. The number of carbonyl (C=O) groups is 2. The minimum Gasteiger partial charge on any atom is -0.506 e. The summed E-state index contributed by atoms with van der Waals surface area (Å²) in [4.78, 5) is 30.0. The van der Waals surface area contributed by atoms with Gasteiger partial charge in [0.25, 0.3) is 11.8 Å². The van der Waals surface area contributed by atoms with Crippen molar-refractivity contribution < 1.29 is 14.7 Å². The molecule has 1 atom stereocenters. The number of phenolic OH excluding ortho intramolecular Hbond substituents is 1. The van der Waals surface area contributed by atoms with Gasteiger partial charge in [-0.1, -0.05) is 15.9 Å². The molecule has 1 aliphatic rings. The van der Waals surface area contributed by atoms with Gasteiger partial charge in [-0.15, -0.1) is 0 Å². The first kappa shape index (κ1) is 21.1. The van der Waals surface area contributed by atoms with E-state index >= 15 is 0 Å². The largest absolute Gasteiger partial charge is 0.506 e. The molecule has 1 aromatic heterocycles. The van der Waals surface area contributed by atoms with Crippen LogP contribution in [-0.2, 0) is 0 Å². The Labute approximate surface area is 202 Å². The first-order valence-corrected chi connectivity index (χ1v) is 11.3. The molecule has 3 N–H and O–H groups in total.